The number of allylic oxidation sites excluding steroid dienone is 1. The van der Waals surface area contributed by atoms with E-state index >= 15 is 0 Å². The van der Waals surface area contributed by atoms with Crippen molar-refractivity contribution < 1.29 is 37.7 Å². The number of fused-ring (bicyclic) bond motifs is 3. The molecule has 186 valence electrons. The Morgan fingerprint density at radius 1 is 1.08 bits per heavy atom. The maximum absolute atomic E-state index is 13.1. The molecule has 3 aromatic carbocycles. The number of carbonyl (C=O) groups excluding carboxylic acids is 2. The number of ketones is 1. The molecule has 0 unspecified atom stereocenters. The van der Waals surface area contributed by atoms with Crippen molar-refractivity contribution in [2.45, 2.75) is 13.5 Å². The number of rotatable bonds is 4. The molecule has 3 heterocycles. The highest BCUT2D eigenvalue weighted by atomic mass is 79.9. The van der Waals surface area contributed by atoms with E-state index in [0.717, 1.165) is 10.0 Å². The van der Waals surface area contributed by atoms with Gasteiger partial charge in [-0.05, 0) is 49.4 Å². The van der Waals surface area contributed by atoms with Crippen LogP contribution in [0.4, 0.5) is 0 Å². The van der Waals surface area contributed by atoms with E-state index in [-0.39, 0.29) is 29.8 Å². The minimum atomic E-state index is -0.679. The normalized spacial score (nSPS) is 15.2. The smallest absolute Gasteiger partial charge is 0.379 e. The fraction of sp³-hybridized carbons (Fsp3) is 0.143. The summed E-state index contributed by atoms with van der Waals surface area (Å²) in [5.41, 5.74) is 2.90. The zero-order valence-corrected chi connectivity index (χ0v) is 21.3. The molecule has 8 nitrogen and oxygen atoms in total. The van der Waals surface area contributed by atoms with E-state index in [2.05, 4.69) is 15.9 Å². The molecule has 2 aliphatic rings. The van der Waals surface area contributed by atoms with Crippen LogP contribution >= 0.6 is 15.9 Å². The van der Waals surface area contributed by atoms with Gasteiger partial charge in [-0.2, -0.15) is 0 Å². The van der Waals surface area contributed by atoms with Crippen LogP contribution in [0.25, 0.3) is 17.0 Å². The van der Waals surface area contributed by atoms with Crippen molar-refractivity contribution in [3.05, 3.63) is 86.8 Å². The molecule has 0 amide bonds. The highest BCUT2D eigenvalue weighted by Crippen LogP contribution is 2.41. The van der Waals surface area contributed by atoms with Gasteiger partial charge >= 0.3 is 5.97 Å². The van der Waals surface area contributed by atoms with E-state index in [1.807, 2.05) is 18.2 Å². The van der Waals surface area contributed by atoms with Crippen molar-refractivity contribution in [3.63, 3.8) is 0 Å². The summed E-state index contributed by atoms with van der Waals surface area (Å²) in [6.45, 7) is 2.26. The summed E-state index contributed by atoms with van der Waals surface area (Å²) >= 11 is 3.49. The monoisotopic (exact) mass is 562 g/mol. The minimum Gasteiger partial charge on any atom is -0.493 e. The standard InChI is InChI=1S/C28H19BrO8/c1-14-20(37-28(31)23-10-15-4-3-5-21(32-2)27(15)36-23)7-6-19-24(30)22(35-25(14)19)11-16-8-18(29)9-17-12-33-13-34-26(16)17/h3-11H,12-13H2,1-2H3/b22-11-. The first-order valence-electron chi connectivity index (χ1n) is 11.3. The predicted octanol–water partition coefficient (Wildman–Crippen LogP) is 6.21. The van der Waals surface area contributed by atoms with Gasteiger partial charge < -0.3 is 28.1 Å². The summed E-state index contributed by atoms with van der Waals surface area (Å²) in [5, 5.41) is 0.714. The Bertz CT molecular complexity index is 1630. The number of furan rings is 1. The lowest BCUT2D eigenvalue weighted by molar-refractivity contribution is -0.0165. The fourth-order valence-electron chi connectivity index (χ4n) is 4.38. The number of carbonyl (C=O) groups is 2. The number of Topliss-reactive ketones (excluding diaryl/α,β-unsaturated/α-hetero) is 1. The highest BCUT2D eigenvalue weighted by Gasteiger charge is 2.31. The first-order valence-corrected chi connectivity index (χ1v) is 12.1. The minimum absolute atomic E-state index is 0.0281. The summed E-state index contributed by atoms with van der Waals surface area (Å²) < 4.78 is 34.4. The average molecular weight is 563 g/mol. The van der Waals surface area contributed by atoms with Gasteiger partial charge in [0.05, 0.1) is 19.3 Å². The summed E-state index contributed by atoms with van der Waals surface area (Å²) in [7, 11) is 1.53. The first kappa shape index (κ1) is 23.3. The second-order valence-corrected chi connectivity index (χ2v) is 9.39. The molecule has 0 saturated carbocycles. The van der Waals surface area contributed by atoms with E-state index < -0.39 is 5.97 Å². The molecule has 0 atom stereocenters. The summed E-state index contributed by atoms with van der Waals surface area (Å²) in [4.78, 5) is 26.0. The number of methoxy groups -OCH3 is 1. The first-order chi connectivity index (χ1) is 17.9. The molecular formula is C28H19BrO8. The van der Waals surface area contributed by atoms with Crippen molar-refractivity contribution in [1.82, 2.24) is 0 Å². The molecule has 0 N–H and O–H groups in total. The van der Waals surface area contributed by atoms with Gasteiger partial charge in [-0.25, -0.2) is 4.79 Å². The second-order valence-electron chi connectivity index (χ2n) is 8.48. The van der Waals surface area contributed by atoms with Crippen LogP contribution in [-0.4, -0.2) is 25.7 Å². The largest absolute Gasteiger partial charge is 0.493 e. The summed E-state index contributed by atoms with van der Waals surface area (Å²) in [6, 6.07) is 13.9. The zero-order valence-electron chi connectivity index (χ0n) is 19.8. The van der Waals surface area contributed by atoms with Crippen LogP contribution in [0.15, 0.2) is 63.2 Å². The second kappa shape index (κ2) is 9.10. The molecule has 0 radical (unpaired) electrons. The molecule has 2 aliphatic heterocycles. The molecule has 9 heteroatoms. The molecule has 0 aliphatic carbocycles. The van der Waals surface area contributed by atoms with Crippen LogP contribution < -0.4 is 18.9 Å². The summed E-state index contributed by atoms with van der Waals surface area (Å²) in [6.07, 6.45) is 1.64. The van der Waals surface area contributed by atoms with Gasteiger partial charge in [-0.15, -0.1) is 0 Å². The lowest BCUT2D eigenvalue weighted by Gasteiger charge is -2.20. The van der Waals surface area contributed by atoms with E-state index in [0.29, 0.717) is 51.5 Å². The molecule has 4 aromatic rings. The van der Waals surface area contributed by atoms with E-state index in [9.17, 15) is 9.59 Å². The van der Waals surface area contributed by atoms with Crippen molar-refractivity contribution in [2.24, 2.45) is 0 Å². The van der Waals surface area contributed by atoms with Crippen LogP contribution in [-0.2, 0) is 11.3 Å². The fourth-order valence-corrected chi connectivity index (χ4v) is 4.91. The third-order valence-corrected chi connectivity index (χ3v) is 6.62. The number of benzene rings is 3. The van der Waals surface area contributed by atoms with E-state index in [1.54, 1.807) is 43.3 Å². The SMILES string of the molecule is COc1cccc2cc(C(=O)Oc3ccc4c(c3C)O/C(=C\c3cc(Br)cc5c3OCOC5)C4=O)oc12. The number of hydrogen-bond donors (Lipinski definition) is 0. The zero-order chi connectivity index (χ0) is 25.7. The van der Waals surface area contributed by atoms with E-state index in [4.69, 9.17) is 28.1 Å². The van der Waals surface area contributed by atoms with Gasteiger partial charge in [0.1, 0.15) is 17.2 Å². The third kappa shape index (κ3) is 4.06. The Morgan fingerprint density at radius 3 is 2.78 bits per heavy atom. The Morgan fingerprint density at radius 2 is 1.95 bits per heavy atom. The van der Waals surface area contributed by atoms with Crippen molar-refractivity contribution in [1.29, 1.82) is 0 Å². The topological polar surface area (TPSA) is 93.4 Å². The van der Waals surface area contributed by atoms with Crippen molar-refractivity contribution >= 4 is 44.7 Å². The Labute approximate surface area is 219 Å². The Kier molecular flexibility index (Phi) is 5.73. The van der Waals surface area contributed by atoms with E-state index in [1.165, 1.54) is 7.11 Å². The Hall–Kier alpha value is -4.08. The molecule has 0 spiro atoms. The van der Waals surface area contributed by atoms with Crippen molar-refractivity contribution in [3.8, 4) is 23.0 Å². The molecule has 0 saturated heterocycles. The lowest BCUT2D eigenvalue weighted by atomic mass is 10.0. The quantitative estimate of drug-likeness (QED) is 0.164. The number of esters is 1. The maximum Gasteiger partial charge on any atom is 0.379 e. The predicted molar refractivity (Wildman–Crippen MR) is 136 cm³/mol. The number of ether oxygens (including phenoxy) is 5. The molecular weight excluding hydrogens is 544 g/mol. The molecule has 0 bridgehead atoms. The number of halogens is 1. The van der Waals surface area contributed by atoms with Gasteiger partial charge in [0.15, 0.2) is 23.9 Å². The van der Waals surface area contributed by atoms with Crippen molar-refractivity contribution in [2.75, 3.05) is 13.9 Å². The van der Waals surface area contributed by atoms with Gasteiger partial charge in [0.25, 0.3) is 0 Å². The van der Waals surface area contributed by atoms with Crippen LogP contribution in [0.2, 0.25) is 0 Å². The highest BCUT2D eigenvalue weighted by molar-refractivity contribution is 9.10. The Balaban J connectivity index is 1.29. The molecule has 1 aromatic heterocycles. The van der Waals surface area contributed by atoms with Gasteiger partial charge in [-0.1, -0.05) is 28.1 Å². The lowest BCUT2D eigenvalue weighted by Crippen LogP contribution is -2.12. The van der Waals surface area contributed by atoms with Gasteiger partial charge in [0, 0.05) is 26.5 Å². The van der Waals surface area contributed by atoms with Gasteiger partial charge in [0.2, 0.25) is 11.5 Å². The van der Waals surface area contributed by atoms with Crippen LogP contribution in [0, 0.1) is 6.92 Å². The average Bonchev–Trinajstić information content (AvgIpc) is 3.47. The van der Waals surface area contributed by atoms with Crippen LogP contribution in [0.3, 0.4) is 0 Å². The number of para-hydroxylation sites is 1. The molecule has 0 fully saturated rings. The van der Waals surface area contributed by atoms with Crippen LogP contribution in [0.1, 0.15) is 37.6 Å². The van der Waals surface area contributed by atoms with Crippen LogP contribution in [0.5, 0.6) is 23.0 Å². The molecule has 6 rings (SSSR count). The maximum atomic E-state index is 13.1. The summed E-state index contributed by atoms with van der Waals surface area (Å²) in [5.74, 6) is 0.958. The molecule has 37 heavy (non-hydrogen) atoms. The number of hydrogen-bond acceptors (Lipinski definition) is 8. The third-order valence-electron chi connectivity index (χ3n) is 6.16. The van der Waals surface area contributed by atoms with Gasteiger partial charge in [-0.3, -0.25) is 4.79 Å².